The molecule has 0 N–H and O–H groups in total. The molecule has 1 heterocycles. The second kappa shape index (κ2) is 5.19. The molecule has 0 amide bonds. The lowest BCUT2D eigenvalue weighted by Crippen LogP contribution is -2.46. The highest BCUT2D eigenvalue weighted by Crippen LogP contribution is 2.34. The summed E-state index contributed by atoms with van der Waals surface area (Å²) < 4.78 is 0. The highest BCUT2D eigenvalue weighted by atomic mass is 32.2. The topological polar surface area (TPSA) is 15.6 Å². The van der Waals surface area contributed by atoms with Gasteiger partial charge in [0.15, 0.2) is 5.17 Å². The minimum atomic E-state index is 0.638. The summed E-state index contributed by atoms with van der Waals surface area (Å²) in [5.41, 5.74) is 1.05. The van der Waals surface area contributed by atoms with E-state index >= 15 is 0 Å². The van der Waals surface area contributed by atoms with E-state index in [2.05, 4.69) is 36.2 Å². The molecule has 3 heteroatoms. The van der Waals surface area contributed by atoms with Crippen molar-refractivity contribution in [3.05, 3.63) is 42.5 Å². The van der Waals surface area contributed by atoms with Crippen molar-refractivity contribution in [3.8, 4) is 0 Å². The number of allylic oxidation sites excluding steroid dienone is 1. The van der Waals surface area contributed by atoms with E-state index in [1.807, 2.05) is 30.0 Å². The van der Waals surface area contributed by atoms with Gasteiger partial charge in [-0.2, -0.15) is 0 Å². The zero-order chi connectivity index (χ0) is 12.4. The zero-order valence-corrected chi connectivity index (χ0v) is 11.4. The number of benzene rings is 1. The molecule has 1 fully saturated rings. The van der Waals surface area contributed by atoms with Crippen molar-refractivity contribution in [2.24, 2.45) is 10.9 Å². The van der Waals surface area contributed by atoms with Gasteiger partial charge in [0.05, 0.1) is 5.69 Å². The van der Waals surface area contributed by atoms with Gasteiger partial charge >= 0.3 is 0 Å². The molecule has 1 saturated heterocycles. The first kappa shape index (κ1) is 11.8. The molecule has 0 bridgehead atoms. The van der Waals surface area contributed by atoms with Crippen LogP contribution in [0, 0.1) is 5.92 Å². The van der Waals surface area contributed by atoms with Gasteiger partial charge in [-0.1, -0.05) is 42.1 Å². The van der Waals surface area contributed by atoms with Crippen molar-refractivity contribution in [1.29, 1.82) is 0 Å². The second-order valence-corrected chi connectivity index (χ2v) is 5.91. The lowest BCUT2D eigenvalue weighted by molar-refractivity contribution is 0.267. The van der Waals surface area contributed by atoms with Crippen molar-refractivity contribution >= 4 is 22.6 Å². The Labute approximate surface area is 113 Å². The molecular formula is C15H18N2S. The van der Waals surface area contributed by atoms with Crippen LogP contribution < -0.4 is 0 Å². The number of para-hydroxylation sites is 1. The summed E-state index contributed by atoms with van der Waals surface area (Å²) in [7, 11) is 2.19. The molecule has 1 aliphatic carbocycles. The van der Waals surface area contributed by atoms with Crippen LogP contribution in [-0.4, -0.2) is 28.9 Å². The molecule has 0 saturated carbocycles. The Morgan fingerprint density at radius 2 is 1.94 bits per heavy atom. The number of amidine groups is 1. The smallest absolute Gasteiger partial charge is 0.164 e. The SMILES string of the molecule is CN1C(=Nc2ccccc2)SCC2CC=CCC21. The van der Waals surface area contributed by atoms with Crippen LogP contribution in [0.5, 0.6) is 0 Å². The summed E-state index contributed by atoms with van der Waals surface area (Å²) in [6, 6.07) is 10.9. The molecular weight excluding hydrogens is 240 g/mol. The second-order valence-electron chi connectivity index (χ2n) is 4.92. The van der Waals surface area contributed by atoms with Gasteiger partial charge in [0.2, 0.25) is 0 Å². The number of nitrogens with zero attached hydrogens (tertiary/aromatic N) is 2. The highest BCUT2D eigenvalue weighted by molar-refractivity contribution is 8.13. The van der Waals surface area contributed by atoms with Crippen LogP contribution in [0.25, 0.3) is 0 Å². The molecule has 18 heavy (non-hydrogen) atoms. The van der Waals surface area contributed by atoms with Crippen LogP contribution in [0.1, 0.15) is 12.8 Å². The highest BCUT2D eigenvalue weighted by Gasteiger charge is 2.32. The first-order chi connectivity index (χ1) is 8.84. The average molecular weight is 258 g/mol. The maximum absolute atomic E-state index is 4.77. The van der Waals surface area contributed by atoms with Crippen LogP contribution in [0.15, 0.2) is 47.5 Å². The minimum Gasteiger partial charge on any atom is -0.351 e. The third kappa shape index (κ3) is 2.32. The Balaban J connectivity index is 1.82. The molecule has 0 spiro atoms. The van der Waals surface area contributed by atoms with Crippen molar-refractivity contribution in [2.75, 3.05) is 12.8 Å². The summed E-state index contributed by atoms with van der Waals surface area (Å²) in [4.78, 5) is 7.14. The van der Waals surface area contributed by atoms with E-state index in [0.29, 0.717) is 6.04 Å². The van der Waals surface area contributed by atoms with Gasteiger partial charge in [-0.15, -0.1) is 0 Å². The van der Waals surface area contributed by atoms with Crippen LogP contribution in [0.4, 0.5) is 5.69 Å². The van der Waals surface area contributed by atoms with Crippen molar-refractivity contribution in [2.45, 2.75) is 18.9 Å². The zero-order valence-electron chi connectivity index (χ0n) is 10.6. The fourth-order valence-electron chi connectivity index (χ4n) is 2.66. The molecule has 2 unspecified atom stereocenters. The number of aliphatic imine (C=N–C) groups is 1. The summed E-state index contributed by atoms with van der Waals surface area (Å²) in [5, 5.41) is 1.16. The lowest BCUT2D eigenvalue weighted by atomic mass is 9.89. The van der Waals surface area contributed by atoms with Gasteiger partial charge in [0.1, 0.15) is 0 Å². The van der Waals surface area contributed by atoms with E-state index in [9.17, 15) is 0 Å². The molecule has 2 nitrogen and oxygen atoms in total. The number of hydrogen-bond donors (Lipinski definition) is 0. The predicted molar refractivity (Wildman–Crippen MR) is 79.4 cm³/mol. The third-order valence-electron chi connectivity index (χ3n) is 3.73. The fraction of sp³-hybridized carbons (Fsp3) is 0.400. The van der Waals surface area contributed by atoms with E-state index in [4.69, 9.17) is 4.99 Å². The van der Waals surface area contributed by atoms with Crippen molar-refractivity contribution in [3.63, 3.8) is 0 Å². The van der Waals surface area contributed by atoms with Gasteiger partial charge < -0.3 is 4.90 Å². The van der Waals surface area contributed by atoms with Gasteiger partial charge in [-0.3, -0.25) is 0 Å². The maximum Gasteiger partial charge on any atom is 0.164 e. The van der Waals surface area contributed by atoms with Gasteiger partial charge in [0, 0.05) is 18.8 Å². The molecule has 2 atom stereocenters. The minimum absolute atomic E-state index is 0.638. The number of fused-ring (bicyclic) bond motifs is 1. The predicted octanol–water partition coefficient (Wildman–Crippen LogP) is 3.69. The van der Waals surface area contributed by atoms with Crippen molar-refractivity contribution < 1.29 is 0 Å². The average Bonchev–Trinajstić information content (AvgIpc) is 2.43. The first-order valence-electron chi connectivity index (χ1n) is 6.49. The maximum atomic E-state index is 4.77. The van der Waals surface area contributed by atoms with E-state index in [0.717, 1.165) is 23.2 Å². The molecule has 0 aromatic heterocycles. The lowest BCUT2D eigenvalue weighted by Gasteiger charge is -2.41. The third-order valence-corrected chi connectivity index (χ3v) is 4.97. The van der Waals surface area contributed by atoms with Gasteiger partial charge in [0.25, 0.3) is 0 Å². The summed E-state index contributed by atoms with van der Waals surface area (Å²) in [6.07, 6.45) is 7.03. The van der Waals surface area contributed by atoms with Crippen LogP contribution in [-0.2, 0) is 0 Å². The summed E-state index contributed by atoms with van der Waals surface area (Å²) in [5.74, 6) is 1.99. The van der Waals surface area contributed by atoms with E-state index < -0.39 is 0 Å². The summed E-state index contributed by atoms with van der Waals surface area (Å²) in [6.45, 7) is 0. The molecule has 0 radical (unpaired) electrons. The summed E-state index contributed by atoms with van der Waals surface area (Å²) >= 11 is 1.89. The Hall–Kier alpha value is -1.22. The Morgan fingerprint density at radius 1 is 1.17 bits per heavy atom. The molecule has 1 aromatic rings. The number of hydrogen-bond acceptors (Lipinski definition) is 2. The largest absolute Gasteiger partial charge is 0.351 e. The standard InChI is InChI=1S/C15H18N2S/c1-17-14-10-6-5-7-12(14)11-18-15(17)16-13-8-3-2-4-9-13/h2-6,8-9,12,14H,7,10-11H2,1H3. The first-order valence-corrected chi connectivity index (χ1v) is 7.47. The van der Waals surface area contributed by atoms with E-state index in [-0.39, 0.29) is 0 Å². The monoisotopic (exact) mass is 258 g/mol. The van der Waals surface area contributed by atoms with E-state index in [1.165, 1.54) is 12.2 Å². The molecule has 3 rings (SSSR count). The quantitative estimate of drug-likeness (QED) is 0.714. The fourth-order valence-corrected chi connectivity index (χ4v) is 3.89. The number of rotatable bonds is 1. The van der Waals surface area contributed by atoms with E-state index in [1.54, 1.807) is 0 Å². The normalized spacial score (nSPS) is 29.4. The van der Waals surface area contributed by atoms with Gasteiger partial charge in [-0.25, -0.2) is 4.99 Å². The van der Waals surface area contributed by atoms with Crippen LogP contribution >= 0.6 is 11.8 Å². The van der Waals surface area contributed by atoms with Gasteiger partial charge in [-0.05, 0) is 30.9 Å². The molecule has 1 aromatic carbocycles. The molecule has 94 valence electrons. The van der Waals surface area contributed by atoms with Crippen molar-refractivity contribution in [1.82, 2.24) is 4.90 Å². The Morgan fingerprint density at radius 3 is 2.78 bits per heavy atom. The Bertz CT molecular complexity index is 467. The molecule has 1 aliphatic heterocycles. The van der Waals surface area contributed by atoms with Crippen LogP contribution in [0.2, 0.25) is 0 Å². The van der Waals surface area contributed by atoms with Crippen LogP contribution in [0.3, 0.4) is 0 Å². The Kier molecular flexibility index (Phi) is 3.41. The number of thioether (sulfide) groups is 1. The molecule has 2 aliphatic rings.